The topological polar surface area (TPSA) is 63.2 Å². The fraction of sp³-hybridized carbons (Fsp3) is 0.286. The van der Waals surface area contributed by atoms with E-state index >= 15 is 0 Å². The van der Waals surface area contributed by atoms with E-state index in [0.29, 0.717) is 18.1 Å². The highest BCUT2D eigenvalue weighted by molar-refractivity contribution is 7.89. The number of rotatable bonds is 6. The Balaban J connectivity index is 2.26. The summed E-state index contributed by atoms with van der Waals surface area (Å²) in [5.74, 6) is 0.304. The molecular formula is C14H16ClN3O2S. The number of nitrogens with zero attached hydrogens (tertiary/aromatic N) is 3. The summed E-state index contributed by atoms with van der Waals surface area (Å²) in [6, 6.07) is 8.56. The van der Waals surface area contributed by atoms with Crippen molar-refractivity contribution in [3.63, 3.8) is 0 Å². The van der Waals surface area contributed by atoms with Gasteiger partial charge in [-0.25, -0.2) is 13.4 Å². The molecule has 0 aliphatic heterocycles. The van der Waals surface area contributed by atoms with E-state index in [1.54, 1.807) is 31.3 Å². The summed E-state index contributed by atoms with van der Waals surface area (Å²) in [5, 5.41) is 0.0224. The maximum absolute atomic E-state index is 12.6. The standard InChI is InChI=1S/C14H16ClN3O2S/c1-2-18(11-13-5-3-4-8-16-13)21(19,20)14-7-6-12(9-15)10-17-14/h3-8,10H,2,9,11H2,1H3. The Kier molecular flexibility index (Phi) is 5.27. The first-order chi connectivity index (χ1) is 10.1. The lowest BCUT2D eigenvalue weighted by Gasteiger charge is -2.19. The van der Waals surface area contributed by atoms with Crippen LogP contribution in [0.5, 0.6) is 0 Å². The predicted molar refractivity (Wildman–Crippen MR) is 81.3 cm³/mol. The van der Waals surface area contributed by atoms with Gasteiger partial charge in [0.2, 0.25) is 0 Å². The lowest BCUT2D eigenvalue weighted by molar-refractivity contribution is 0.417. The number of pyridine rings is 2. The quantitative estimate of drug-likeness (QED) is 0.765. The SMILES string of the molecule is CCN(Cc1ccccn1)S(=O)(=O)c1ccc(CCl)cn1. The third-order valence-corrected chi connectivity index (χ3v) is 5.12. The van der Waals surface area contributed by atoms with Crippen LogP contribution in [-0.2, 0) is 22.4 Å². The van der Waals surface area contributed by atoms with Crippen molar-refractivity contribution in [2.75, 3.05) is 6.54 Å². The number of hydrogen-bond acceptors (Lipinski definition) is 4. The van der Waals surface area contributed by atoms with Crippen LogP contribution in [0.1, 0.15) is 18.2 Å². The van der Waals surface area contributed by atoms with E-state index in [1.165, 1.54) is 16.6 Å². The molecule has 7 heteroatoms. The molecule has 2 aromatic rings. The van der Waals surface area contributed by atoms with Gasteiger partial charge in [0, 0.05) is 24.8 Å². The van der Waals surface area contributed by atoms with Crippen molar-refractivity contribution in [2.24, 2.45) is 0 Å². The third kappa shape index (κ3) is 3.78. The maximum atomic E-state index is 12.6. The Morgan fingerprint density at radius 1 is 1.19 bits per heavy atom. The van der Waals surface area contributed by atoms with E-state index in [2.05, 4.69) is 9.97 Å². The first-order valence-corrected chi connectivity index (χ1v) is 8.46. The third-order valence-electron chi connectivity index (χ3n) is 2.97. The number of alkyl halides is 1. The summed E-state index contributed by atoms with van der Waals surface area (Å²) in [5.41, 5.74) is 1.48. The Morgan fingerprint density at radius 2 is 2.00 bits per heavy atom. The molecule has 0 N–H and O–H groups in total. The van der Waals surface area contributed by atoms with Gasteiger partial charge in [-0.05, 0) is 23.8 Å². The van der Waals surface area contributed by atoms with E-state index < -0.39 is 10.0 Å². The van der Waals surface area contributed by atoms with Gasteiger partial charge in [0.1, 0.15) is 0 Å². The molecule has 2 aromatic heterocycles. The molecule has 0 radical (unpaired) electrons. The summed E-state index contributed by atoms with van der Waals surface area (Å²) in [7, 11) is -3.64. The molecule has 0 amide bonds. The number of aromatic nitrogens is 2. The van der Waals surface area contributed by atoms with Crippen LogP contribution in [-0.4, -0.2) is 29.2 Å². The first-order valence-electron chi connectivity index (χ1n) is 6.49. The van der Waals surface area contributed by atoms with Crippen molar-refractivity contribution in [3.8, 4) is 0 Å². The summed E-state index contributed by atoms with van der Waals surface area (Å²) in [4.78, 5) is 8.15. The summed E-state index contributed by atoms with van der Waals surface area (Å²) < 4.78 is 26.5. The Labute approximate surface area is 129 Å². The van der Waals surface area contributed by atoms with Gasteiger partial charge in [0.05, 0.1) is 12.2 Å². The molecule has 0 aliphatic carbocycles. The van der Waals surface area contributed by atoms with Crippen LogP contribution in [0.2, 0.25) is 0 Å². The molecule has 0 fully saturated rings. The van der Waals surface area contributed by atoms with Crippen LogP contribution in [0.25, 0.3) is 0 Å². The fourth-order valence-corrected chi connectivity index (χ4v) is 3.30. The van der Waals surface area contributed by atoms with Crippen molar-refractivity contribution < 1.29 is 8.42 Å². The molecule has 0 saturated heterocycles. The van der Waals surface area contributed by atoms with Crippen molar-refractivity contribution in [1.29, 1.82) is 0 Å². The van der Waals surface area contributed by atoms with E-state index in [9.17, 15) is 8.42 Å². The fourth-order valence-electron chi connectivity index (χ4n) is 1.81. The molecule has 0 aliphatic rings. The van der Waals surface area contributed by atoms with Gasteiger partial charge in [-0.1, -0.05) is 19.1 Å². The average molecular weight is 326 g/mol. The molecule has 0 atom stereocenters. The minimum Gasteiger partial charge on any atom is -0.260 e. The van der Waals surface area contributed by atoms with Gasteiger partial charge in [0.15, 0.2) is 5.03 Å². The van der Waals surface area contributed by atoms with Crippen LogP contribution in [0, 0.1) is 0 Å². The number of hydrogen-bond donors (Lipinski definition) is 0. The van der Waals surface area contributed by atoms with Gasteiger partial charge < -0.3 is 0 Å². The van der Waals surface area contributed by atoms with Crippen LogP contribution in [0.4, 0.5) is 0 Å². The lowest BCUT2D eigenvalue weighted by Crippen LogP contribution is -2.31. The van der Waals surface area contributed by atoms with Crippen LogP contribution < -0.4 is 0 Å². The summed E-state index contributed by atoms with van der Waals surface area (Å²) in [6.07, 6.45) is 3.12. The normalized spacial score (nSPS) is 11.8. The second-order valence-electron chi connectivity index (χ2n) is 4.39. The van der Waals surface area contributed by atoms with Gasteiger partial charge in [0.25, 0.3) is 10.0 Å². The molecular weight excluding hydrogens is 310 g/mol. The summed E-state index contributed by atoms with van der Waals surface area (Å²) >= 11 is 5.68. The molecule has 5 nitrogen and oxygen atoms in total. The monoisotopic (exact) mass is 325 g/mol. The molecule has 2 rings (SSSR count). The zero-order chi connectivity index (χ0) is 15.3. The average Bonchev–Trinajstić information content (AvgIpc) is 2.53. The van der Waals surface area contributed by atoms with Crippen LogP contribution in [0.3, 0.4) is 0 Å². The molecule has 0 unspecified atom stereocenters. The van der Waals surface area contributed by atoms with Crippen LogP contribution >= 0.6 is 11.6 Å². The van der Waals surface area contributed by atoms with Crippen LogP contribution in [0.15, 0.2) is 47.8 Å². The minimum atomic E-state index is -3.64. The smallest absolute Gasteiger partial charge is 0.260 e. The van der Waals surface area contributed by atoms with Crippen molar-refractivity contribution >= 4 is 21.6 Å². The molecule has 0 bridgehead atoms. The number of halogens is 1. The number of sulfonamides is 1. The highest BCUT2D eigenvalue weighted by Gasteiger charge is 2.24. The second-order valence-corrected chi connectivity index (χ2v) is 6.54. The lowest BCUT2D eigenvalue weighted by atomic mass is 10.3. The van der Waals surface area contributed by atoms with Crippen molar-refractivity contribution in [2.45, 2.75) is 24.4 Å². The van der Waals surface area contributed by atoms with Gasteiger partial charge >= 0.3 is 0 Å². The maximum Gasteiger partial charge on any atom is 0.260 e. The molecule has 0 spiro atoms. The largest absolute Gasteiger partial charge is 0.260 e. The minimum absolute atomic E-state index is 0.0224. The molecule has 112 valence electrons. The molecule has 2 heterocycles. The van der Waals surface area contributed by atoms with E-state index in [1.807, 2.05) is 6.07 Å². The van der Waals surface area contributed by atoms with Gasteiger partial charge in [-0.2, -0.15) is 4.31 Å². The van der Waals surface area contributed by atoms with Gasteiger partial charge in [-0.15, -0.1) is 11.6 Å². The Morgan fingerprint density at radius 3 is 2.52 bits per heavy atom. The highest BCUT2D eigenvalue weighted by Crippen LogP contribution is 2.16. The second kappa shape index (κ2) is 6.98. The zero-order valence-electron chi connectivity index (χ0n) is 11.6. The Hall–Kier alpha value is -1.50. The van der Waals surface area contributed by atoms with E-state index in [0.717, 1.165) is 5.56 Å². The van der Waals surface area contributed by atoms with Gasteiger partial charge in [-0.3, -0.25) is 4.98 Å². The van der Waals surface area contributed by atoms with E-state index in [4.69, 9.17) is 11.6 Å². The molecule has 21 heavy (non-hydrogen) atoms. The molecule has 0 saturated carbocycles. The molecule has 0 aromatic carbocycles. The zero-order valence-corrected chi connectivity index (χ0v) is 13.2. The first kappa shape index (κ1) is 15.9. The predicted octanol–water partition coefficient (Wildman–Crippen LogP) is 2.43. The van der Waals surface area contributed by atoms with Crippen molar-refractivity contribution in [1.82, 2.24) is 14.3 Å². The van der Waals surface area contributed by atoms with Crippen molar-refractivity contribution in [3.05, 3.63) is 54.0 Å². The Bertz CT molecular complexity index is 675. The van der Waals surface area contributed by atoms with E-state index in [-0.39, 0.29) is 11.6 Å². The summed E-state index contributed by atoms with van der Waals surface area (Å²) in [6.45, 7) is 2.35. The highest BCUT2D eigenvalue weighted by atomic mass is 35.5.